The van der Waals surface area contributed by atoms with Gasteiger partial charge < -0.3 is 0 Å². The highest BCUT2D eigenvalue weighted by molar-refractivity contribution is 7.12. The lowest BCUT2D eigenvalue weighted by atomic mass is 10.0. The lowest BCUT2D eigenvalue weighted by Crippen LogP contribution is -2.02. The Kier molecular flexibility index (Phi) is 4.33. The topological polar surface area (TPSA) is 17.1 Å². The molecule has 78 valence electrons. The molecule has 0 fully saturated rings. The molecule has 0 aromatic carbocycles. The molecular formula is C12H18OS. The van der Waals surface area contributed by atoms with Gasteiger partial charge >= 0.3 is 0 Å². The fourth-order valence-corrected chi connectivity index (χ4v) is 2.43. The second-order valence-electron chi connectivity index (χ2n) is 4.05. The molecule has 1 rings (SSSR count). The van der Waals surface area contributed by atoms with Gasteiger partial charge in [-0.15, -0.1) is 11.3 Å². The average Bonchev–Trinajstić information content (AvgIpc) is 2.51. The Balaban J connectivity index is 2.76. The minimum Gasteiger partial charge on any atom is -0.293 e. The van der Waals surface area contributed by atoms with Gasteiger partial charge in [0.05, 0.1) is 4.88 Å². The first-order chi connectivity index (χ1) is 6.65. The van der Waals surface area contributed by atoms with E-state index in [-0.39, 0.29) is 0 Å². The number of thiophene rings is 1. The van der Waals surface area contributed by atoms with Crippen LogP contribution in [0.15, 0.2) is 11.4 Å². The molecule has 0 saturated heterocycles. The quantitative estimate of drug-likeness (QED) is 0.673. The van der Waals surface area contributed by atoms with Gasteiger partial charge in [0.15, 0.2) is 5.78 Å². The Morgan fingerprint density at radius 2 is 2.21 bits per heavy atom. The van der Waals surface area contributed by atoms with Crippen molar-refractivity contribution in [1.82, 2.24) is 0 Å². The predicted octanol–water partition coefficient (Wildman–Crippen LogP) is 3.93. The molecule has 0 aliphatic carbocycles. The smallest absolute Gasteiger partial charge is 0.173 e. The van der Waals surface area contributed by atoms with Crippen LogP contribution in [0, 0.1) is 5.92 Å². The Morgan fingerprint density at radius 1 is 1.50 bits per heavy atom. The first kappa shape index (κ1) is 11.4. The maximum absolute atomic E-state index is 11.7. The second-order valence-corrected chi connectivity index (χ2v) is 4.96. The van der Waals surface area contributed by atoms with Crippen LogP contribution in [0.25, 0.3) is 0 Å². The van der Waals surface area contributed by atoms with Crippen molar-refractivity contribution in [2.24, 2.45) is 5.92 Å². The lowest BCUT2D eigenvalue weighted by Gasteiger charge is -2.05. The summed E-state index contributed by atoms with van der Waals surface area (Å²) in [6.45, 7) is 6.42. The standard InChI is InChI=1S/C12H18OS/c1-4-5-11(13)12-10(6-7-14-12)8-9(2)3/h6-7,9H,4-5,8H2,1-3H3. The van der Waals surface area contributed by atoms with Crippen molar-refractivity contribution in [2.75, 3.05) is 0 Å². The summed E-state index contributed by atoms with van der Waals surface area (Å²) >= 11 is 1.59. The van der Waals surface area contributed by atoms with Gasteiger partial charge in [0.1, 0.15) is 0 Å². The first-order valence-electron chi connectivity index (χ1n) is 5.24. The molecular weight excluding hydrogens is 192 g/mol. The van der Waals surface area contributed by atoms with E-state index in [1.165, 1.54) is 5.56 Å². The van der Waals surface area contributed by atoms with E-state index < -0.39 is 0 Å². The molecule has 0 bridgehead atoms. The lowest BCUT2D eigenvalue weighted by molar-refractivity contribution is 0.0985. The molecule has 0 radical (unpaired) electrons. The summed E-state index contributed by atoms with van der Waals surface area (Å²) in [4.78, 5) is 12.7. The van der Waals surface area contributed by atoms with E-state index in [1.807, 2.05) is 12.3 Å². The predicted molar refractivity (Wildman–Crippen MR) is 62.1 cm³/mol. The van der Waals surface area contributed by atoms with Gasteiger partial charge in [-0.1, -0.05) is 20.8 Å². The van der Waals surface area contributed by atoms with Gasteiger partial charge in [-0.3, -0.25) is 4.79 Å². The van der Waals surface area contributed by atoms with Gasteiger partial charge in [-0.05, 0) is 35.8 Å². The summed E-state index contributed by atoms with van der Waals surface area (Å²) in [6.07, 6.45) is 2.65. The highest BCUT2D eigenvalue weighted by Gasteiger charge is 2.12. The minimum absolute atomic E-state index is 0.318. The highest BCUT2D eigenvalue weighted by Crippen LogP contribution is 2.22. The molecule has 0 aliphatic heterocycles. The van der Waals surface area contributed by atoms with Crippen molar-refractivity contribution in [2.45, 2.75) is 40.0 Å². The SMILES string of the molecule is CCCC(=O)c1sccc1CC(C)C. The van der Waals surface area contributed by atoms with Crippen LogP contribution in [-0.2, 0) is 6.42 Å². The van der Waals surface area contributed by atoms with Crippen molar-refractivity contribution < 1.29 is 4.79 Å². The van der Waals surface area contributed by atoms with Crippen molar-refractivity contribution in [3.8, 4) is 0 Å². The molecule has 0 aliphatic rings. The van der Waals surface area contributed by atoms with Gasteiger partial charge in [-0.25, -0.2) is 0 Å². The monoisotopic (exact) mass is 210 g/mol. The number of ketones is 1. The van der Waals surface area contributed by atoms with Crippen LogP contribution in [0.2, 0.25) is 0 Å². The second kappa shape index (κ2) is 5.30. The summed E-state index contributed by atoms with van der Waals surface area (Å²) in [6, 6.07) is 2.09. The summed E-state index contributed by atoms with van der Waals surface area (Å²) in [7, 11) is 0. The van der Waals surface area contributed by atoms with Gasteiger partial charge in [0, 0.05) is 6.42 Å². The third-order valence-electron chi connectivity index (χ3n) is 2.11. The molecule has 0 saturated carbocycles. The van der Waals surface area contributed by atoms with Gasteiger partial charge in [0.25, 0.3) is 0 Å². The van der Waals surface area contributed by atoms with Crippen LogP contribution < -0.4 is 0 Å². The fourth-order valence-electron chi connectivity index (χ4n) is 1.52. The van der Waals surface area contributed by atoms with Crippen LogP contribution in [-0.4, -0.2) is 5.78 Å². The molecule has 0 unspecified atom stereocenters. The average molecular weight is 210 g/mol. The zero-order chi connectivity index (χ0) is 10.6. The van der Waals surface area contributed by atoms with E-state index >= 15 is 0 Å². The Hall–Kier alpha value is -0.630. The molecule has 14 heavy (non-hydrogen) atoms. The molecule has 1 aromatic rings. The molecule has 1 aromatic heterocycles. The molecule has 0 amide bonds. The van der Waals surface area contributed by atoms with E-state index in [9.17, 15) is 4.79 Å². The Bertz CT molecular complexity index is 299. The minimum atomic E-state index is 0.318. The summed E-state index contributed by atoms with van der Waals surface area (Å²) in [5.74, 6) is 0.941. The first-order valence-corrected chi connectivity index (χ1v) is 6.12. The number of hydrogen-bond donors (Lipinski definition) is 0. The van der Waals surface area contributed by atoms with Crippen molar-refractivity contribution >= 4 is 17.1 Å². The summed E-state index contributed by atoms with van der Waals surface area (Å²) in [5, 5.41) is 2.03. The zero-order valence-electron chi connectivity index (χ0n) is 9.17. The number of rotatable bonds is 5. The van der Waals surface area contributed by atoms with E-state index in [0.717, 1.165) is 17.7 Å². The number of carbonyl (C=O) groups is 1. The fraction of sp³-hybridized carbons (Fsp3) is 0.583. The molecule has 1 nitrogen and oxygen atoms in total. The highest BCUT2D eigenvalue weighted by atomic mass is 32.1. The largest absolute Gasteiger partial charge is 0.293 e. The maximum atomic E-state index is 11.7. The normalized spacial score (nSPS) is 10.9. The van der Waals surface area contributed by atoms with E-state index in [0.29, 0.717) is 18.1 Å². The van der Waals surface area contributed by atoms with E-state index in [2.05, 4.69) is 19.9 Å². The van der Waals surface area contributed by atoms with Gasteiger partial charge in [0.2, 0.25) is 0 Å². The van der Waals surface area contributed by atoms with Crippen LogP contribution in [0.5, 0.6) is 0 Å². The van der Waals surface area contributed by atoms with Crippen LogP contribution in [0.3, 0.4) is 0 Å². The molecule has 2 heteroatoms. The van der Waals surface area contributed by atoms with Gasteiger partial charge in [-0.2, -0.15) is 0 Å². The van der Waals surface area contributed by atoms with Crippen LogP contribution >= 0.6 is 11.3 Å². The van der Waals surface area contributed by atoms with Crippen LogP contribution in [0.4, 0.5) is 0 Å². The number of Topliss-reactive ketones (excluding diaryl/α,β-unsaturated/α-hetero) is 1. The summed E-state index contributed by atoms with van der Waals surface area (Å²) in [5.41, 5.74) is 1.24. The Labute approximate surface area is 90.2 Å². The summed E-state index contributed by atoms with van der Waals surface area (Å²) < 4.78 is 0. The molecule has 1 heterocycles. The van der Waals surface area contributed by atoms with Crippen molar-refractivity contribution in [3.63, 3.8) is 0 Å². The molecule has 0 atom stereocenters. The molecule has 0 N–H and O–H groups in total. The van der Waals surface area contributed by atoms with E-state index in [1.54, 1.807) is 11.3 Å². The third kappa shape index (κ3) is 2.95. The van der Waals surface area contributed by atoms with E-state index in [4.69, 9.17) is 0 Å². The zero-order valence-corrected chi connectivity index (χ0v) is 9.99. The van der Waals surface area contributed by atoms with Crippen molar-refractivity contribution in [1.29, 1.82) is 0 Å². The van der Waals surface area contributed by atoms with Crippen molar-refractivity contribution in [3.05, 3.63) is 21.9 Å². The number of carbonyl (C=O) groups excluding carboxylic acids is 1. The number of hydrogen-bond acceptors (Lipinski definition) is 2. The molecule has 0 spiro atoms. The van der Waals surface area contributed by atoms with Crippen LogP contribution in [0.1, 0.15) is 48.8 Å². The maximum Gasteiger partial charge on any atom is 0.173 e. The Morgan fingerprint density at radius 3 is 2.79 bits per heavy atom. The third-order valence-corrected chi connectivity index (χ3v) is 3.10.